The number of primary amides is 1. The van der Waals surface area contributed by atoms with Crippen LogP contribution in [-0.2, 0) is 4.74 Å². The lowest BCUT2D eigenvalue weighted by molar-refractivity contribution is 0.0554. The molecule has 0 atom stereocenters. The summed E-state index contributed by atoms with van der Waals surface area (Å²) < 4.78 is 5.00. The molecule has 0 radical (unpaired) electrons. The molecule has 0 aromatic heterocycles. The number of nitrogens with two attached hydrogens (primary N) is 1. The Labute approximate surface area is 85.6 Å². The second-order valence-corrected chi connectivity index (χ2v) is 2.89. The van der Waals surface area contributed by atoms with E-state index in [1.165, 1.54) is 0 Å². The largest absolute Gasteiger partial charge is 0.378 e. The van der Waals surface area contributed by atoms with Crippen LogP contribution >= 0.6 is 0 Å². The molecule has 0 aliphatic carbocycles. The number of rotatable bonds is 2. The minimum Gasteiger partial charge on any atom is -0.378 e. The summed E-state index contributed by atoms with van der Waals surface area (Å²) in [6, 6.07) is -0.349. The standard InChI is InChI=1S/C5H10N2O2.C4H11N/c6-5(8)7-1-3-9-4-2-7;1-3-5-4-2/h1-4H2,(H2,6,8);5H,3-4H2,1-2H3. The molecule has 0 unspecified atom stereocenters. The first-order chi connectivity index (χ1) is 6.72. The average molecular weight is 203 g/mol. The zero-order valence-electron chi connectivity index (χ0n) is 9.08. The molecule has 1 heterocycles. The summed E-state index contributed by atoms with van der Waals surface area (Å²) in [6.45, 7) is 8.89. The van der Waals surface area contributed by atoms with Crippen LogP contribution in [0.15, 0.2) is 0 Å². The number of nitrogens with one attached hydrogen (secondary N) is 1. The third kappa shape index (κ3) is 6.68. The predicted octanol–water partition coefficient (Wildman–Crippen LogP) is 0.0131. The van der Waals surface area contributed by atoms with Crippen LogP contribution in [0.3, 0.4) is 0 Å². The molecule has 5 heteroatoms. The Kier molecular flexibility index (Phi) is 8.27. The van der Waals surface area contributed by atoms with Crippen molar-refractivity contribution in [3.05, 3.63) is 0 Å². The molecular formula is C9H21N3O2. The summed E-state index contributed by atoms with van der Waals surface area (Å²) in [6.07, 6.45) is 0. The number of carbonyl (C=O) groups is 1. The van der Waals surface area contributed by atoms with Gasteiger partial charge in [0.05, 0.1) is 13.2 Å². The summed E-state index contributed by atoms with van der Waals surface area (Å²) in [5.41, 5.74) is 5.00. The van der Waals surface area contributed by atoms with Crippen LogP contribution < -0.4 is 11.1 Å². The third-order valence-electron chi connectivity index (χ3n) is 1.82. The maximum absolute atomic E-state index is 10.4. The van der Waals surface area contributed by atoms with Gasteiger partial charge in [0, 0.05) is 13.1 Å². The van der Waals surface area contributed by atoms with Crippen LogP contribution in [0.2, 0.25) is 0 Å². The Bertz CT molecular complexity index is 145. The number of morpholine rings is 1. The molecule has 1 fully saturated rings. The van der Waals surface area contributed by atoms with Crippen molar-refractivity contribution in [1.29, 1.82) is 0 Å². The molecule has 0 saturated carbocycles. The molecule has 1 saturated heterocycles. The number of nitrogens with zero attached hydrogens (tertiary/aromatic N) is 1. The summed E-state index contributed by atoms with van der Waals surface area (Å²) in [5, 5.41) is 3.11. The molecule has 14 heavy (non-hydrogen) atoms. The highest BCUT2D eigenvalue weighted by Crippen LogP contribution is 1.94. The molecule has 84 valence electrons. The summed E-state index contributed by atoms with van der Waals surface area (Å²) >= 11 is 0. The fraction of sp³-hybridized carbons (Fsp3) is 0.889. The van der Waals surface area contributed by atoms with Gasteiger partial charge in [0.15, 0.2) is 0 Å². The zero-order valence-corrected chi connectivity index (χ0v) is 9.08. The number of carbonyl (C=O) groups excluding carboxylic acids is 1. The number of hydrogen-bond donors (Lipinski definition) is 2. The van der Waals surface area contributed by atoms with Crippen LogP contribution in [0.4, 0.5) is 4.79 Å². The van der Waals surface area contributed by atoms with Gasteiger partial charge in [-0.15, -0.1) is 0 Å². The van der Waals surface area contributed by atoms with Gasteiger partial charge in [0.2, 0.25) is 0 Å². The molecule has 5 nitrogen and oxygen atoms in total. The number of hydrogen-bond acceptors (Lipinski definition) is 3. The number of amides is 2. The fourth-order valence-corrected chi connectivity index (χ4v) is 1.03. The maximum atomic E-state index is 10.4. The summed E-state index contributed by atoms with van der Waals surface area (Å²) in [7, 11) is 0. The SMILES string of the molecule is CCNCC.NC(=O)N1CCOCC1. The normalized spacial score (nSPS) is 15.7. The van der Waals surface area contributed by atoms with E-state index in [0.29, 0.717) is 26.3 Å². The summed E-state index contributed by atoms with van der Waals surface area (Å²) in [5.74, 6) is 0. The van der Waals surface area contributed by atoms with Crippen molar-refractivity contribution < 1.29 is 9.53 Å². The van der Waals surface area contributed by atoms with Crippen LogP contribution in [0.1, 0.15) is 13.8 Å². The lowest BCUT2D eigenvalue weighted by atomic mass is 10.4. The molecule has 0 aromatic carbocycles. The molecule has 0 bridgehead atoms. The van der Waals surface area contributed by atoms with Gasteiger partial charge < -0.3 is 20.7 Å². The van der Waals surface area contributed by atoms with Crippen molar-refractivity contribution in [1.82, 2.24) is 10.2 Å². The summed E-state index contributed by atoms with van der Waals surface area (Å²) in [4.78, 5) is 12.0. The minimum absolute atomic E-state index is 0.349. The second-order valence-electron chi connectivity index (χ2n) is 2.89. The van der Waals surface area contributed by atoms with E-state index in [1.807, 2.05) is 0 Å². The van der Waals surface area contributed by atoms with Gasteiger partial charge in [-0.25, -0.2) is 4.79 Å². The van der Waals surface area contributed by atoms with Crippen LogP contribution in [-0.4, -0.2) is 50.3 Å². The number of urea groups is 1. The first-order valence-electron chi connectivity index (χ1n) is 5.05. The molecular weight excluding hydrogens is 182 g/mol. The van der Waals surface area contributed by atoms with Gasteiger partial charge in [0.1, 0.15) is 0 Å². The van der Waals surface area contributed by atoms with Crippen LogP contribution in [0.5, 0.6) is 0 Å². The van der Waals surface area contributed by atoms with Gasteiger partial charge in [-0.3, -0.25) is 0 Å². The quantitative estimate of drug-likeness (QED) is 0.664. The van der Waals surface area contributed by atoms with Crippen molar-refractivity contribution in [2.24, 2.45) is 5.73 Å². The second kappa shape index (κ2) is 8.77. The fourth-order valence-electron chi connectivity index (χ4n) is 1.03. The predicted molar refractivity (Wildman–Crippen MR) is 56.2 cm³/mol. The van der Waals surface area contributed by atoms with Crippen molar-refractivity contribution in [3.8, 4) is 0 Å². The van der Waals surface area contributed by atoms with E-state index in [0.717, 1.165) is 13.1 Å². The van der Waals surface area contributed by atoms with Crippen molar-refractivity contribution in [2.45, 2.75) is 13.8 Å². The van der Waals surface area contributed by atoms with E-state index in [4.69, 9.17) is 10.5 Å². The van der Waals surface area contributed by atoms with E-state index < -0.39 is 0 Å². The van der Waals surface area contributed by atoms with Gasteiger partial charge >= 0.3 is 6.03 Å². The first kappa shape index (κ1) is 13.2. The Morgan fingerprint density at radius 1 is 1.36 bits per heavy atom. The van der Waals surface area contributed by atoms with Gasteiger partial charge in [-0.05, 0) is 13.1 Å². The molecule has 1 aliphatic heterocycles. The zero-order chi connectivity index (χ0) is 10.8. The van der Waals surface area contributed by atoms with Crippen molar-refractivity contribution >= 4 is 6.03 Å². The molecule has 3 N–H and O–H groups in total. The molecule has 2 amide bonds. The molecule has 0 spiro atoms. The van der Waals surface area contributed by atoms with Gasteiger partial charge in [-0.1, -0.05) is 13.8 Å². The third-order valence-corrected chi connectivity index (χ3v) is 1.82. The maximum Gasteiger partial charge on any atom is 0.314 e. The lowest BCUT2D eigenvalue weighted by Crippen LogP contribution is -2.43. The van der Waals surface area contributed by atoms with Crippen molar-refractivity contribution in [3.63, 3.8) is 0 Å². The van der Waals surface area contributed by atoms with E-state index in [-0.39, 0.29) is 6.03 Å². The Morgan fingerprint density at radius 2 is 1.86 bits per heavy atom. The minimum atomic E-state index is -0.349. The Morgan fingerprint density at radius 3 is 2.07 bits per heavy atom. The molecule has 1 rings (SSSR count). The van der Waals surface area contributed by atoms with Gasteiger partial charge in [-0.2, -0.15) is 0 Å². The Hall–Kier alpha value is -0.810. The van der Waals surface area contributed by atoms with Gasteiger partial charge in [0.25, 0.3) is 0 Å². The van der Waals surface area contributed by atoms with E-state index >= 15 is 0 Å². The average Bonchev–Trinajstić information content (AvgIpc) is 2.21. The monoisotopic (exact) mass is 203 g/mol. The topological polar surface area (TPSA) is 67.6 Å². The Balaban J connectivity index is 0.000000292. The van der Waals surface area contributed by atoms with E-state index in [1.54, 1.807) is 4.90 Å². The van der Waals surface area contributed by atoms with Crippen LogP contribution in [0, 0.1) is 0 Å². The smallest absolute Gasteiger partial charge is 0.314 e. The highest BCUT2D eigenvalue weighted by molar-refractivity contribution is 5.71. The molecule has 0 aromatic rings. The highest BCUT2D eigenvalue weighted by Gasteiger charge is 2.12. The van der Waals surface area contributed by atoms with Crippen LogP contribution in [0.25, 0.3) is 0 Å². The van der Waals surface area contributed by atoms with E-state index in [2.05, 4.69) is 19.2 Å². The van der Waals surface area contributed by atoms with Crippen molar-refractivity contribution in [2.75, 3.05) is 39.4 Å². The lowest BCUT2D eigenvalue weighted by Gasteiger charge is -2.24. The van der Waals surface area contributed by atoms with E-state index in [9.17, 15) is 4.79 Å². The molecule has 1 aliphatic rings. The first-order valence-corrected chi connectivity index (χ1v) is 5.05. The number of ether oxygens (including phenoxy) is 1. The highest BCUT2D eigenvalue weighted by atomic mass is 16.5.